The Morgan fingerprint density at radius 1 is 1.38 bits per heavy atom. The number of nitrogens with one attached hydrogen (secondary N) is 1. The number of carboxylic acid groups (broad SMARTS) is 2. The number of nitrogens with two attached hydrogens (primary N) is 2. The van der Waals surface area contributed by atoms with Crippen molar-refractivity contribution in [2.75, 3.05) is 18.8 Å². The van der Waals surface area contributed by atoms with E-state index in [1.54, 1.807) is 6.92 Å². The van der Waals surface area contributed by atoms with Gasteiger partial charge in [0.15, 0.2) is 5.13 Å². The summed E-state index contributed by atoms with van der Waals surface area (Å²) < 4.78 is 3.91. The van der Waals surface area contributed by atoms with Gasteiger partial charge in [0.05, 0.1) is 0 Å². The summed E-state index contributed by atoms with van der Waals surface area (Å²) in [5.74, 6) is -4.09. The van der Waals surface area contributed by atoms with Gasteiger partial charge in [-0.25, -0.2) is 9.48 Å². The summed E-state index contributed by atoms with van der Waals surface area (Å²) in [6.07, 6.45) is -0.793. The number of nitrogen functional groups attached to an aromatic ring is 1. The van der Waals surface area contributed by atoms with Crippen LogP contribution in [-0.4, -0.2) is 115 Å². The zero-order valence-corrected chi connectivity index (χ0v) is 23.5. The van der Waals surface area contributed by atoms with Crippen LogP contribution in [0.5, 0.6) is 0 Å². The van der Waals surface area contributed by atoms with Gasteiger partial charge in [0, 0.05) is 29.9 Å². The normalized spacial score (nSPS) is 25.1. The Morgan fingerprint density at radius 2 is 2.12 bits per heavy atom. The lowest BCUT2D eigenvalue weighted by Crippen LogP contribution is -2.76. The highest BCUT2D eigenvalue weighted by Crippen LogP contribution is 2.50. The molecular formula is C19H25N11O7S3. The third-order valence-electron chi connectivity index (χ3n) is 6.06. The highest BCUT2D eigenvalue weighted by Gasteiger charge is 2.61. The number of carboxylic acids is 2. The van der Waals surface area contributed by atoms with Crippen LogP contribution < -0.4 is 16.8 Å². The monoisotopic (exact) mass is 615 g/mol. The van der Waals surface area contributed by atoms with E-state index in [4.69, 9.17) is 21.4 Å². The molecule has 4 unspecified atom stereocenters. The Hall–Kier alpha value is -3.56. The molecule has 18 nitrogen and oxygen atoms in total. The Morgan fingerprint density at radius 3 is 2.75 bits per heavy atom. The zero-order valence-electron chi connectivity index (χ0n) is 21.0. The topological polar surface area (TPSA) is 267 Å². The van der Waals surface area contributed by atoms with Crippen LogP contribution in [0.3, 0.4) is 0 Å². The maximum absolute atomic E-state index is 13.1. The average Bonchev–Trinajstić information content (AvgIpc) is 3.55. The van der Waals surface area contributed by atoms with Crippen LogP contribution in [0.15, 0.2) is 10.3 Å². The number of fused-ring (bicyclic) bond motifs is 1. The molecule has 0 bridgehead atoms. The molecule has 4 rings (SSSR count). The van der Waals surface area contributed by atoms with Gasteiger partial charge in [0.1, 0.15) is 16.2 Å². The van der Waals surface area contributed by atoms with Crippen LogP contribution in [0.25, 0.3) is 0 Å². The number of β-lactam (4-membered cyclic amide) rings is 1. The van der Waals surface area contributed by atoms with Crippen molar-refractivity contribution in [2.24, 2.45) is 10.9 Å². The highest BCUT2D eigenvalue weighted by atomic mass is 32.2. The van der Waals surface area contributed by atoms with E-state index >= 15 is 0 Å². The number of hydrogen-bond acceptors (Lipinski definition) is 16. The first-order valence-corrected chi connectivity index (χ1v) is 14.2. The van der Waals surface area contributed by atoms with Gasteiger partial charge >= 0.3 is 11.9 Å². The van der Waals surface area contributed by atoms with Crippen molar-refractivity contribution in [1.82, 2.24) is 39.8 Å². The zero-order chi connectivity index (χ0) is 29.2. The molecule has 5 atom stereocenters. The molecule has 2 aromatic rings. The van der Waals surface area contributed by atoms with Gasteiger partial charge in [-0.3, -0.25) is 14.4 Å². The molecule has 2 aliphatic heterocycles. The van der Waals surface area contributed by atoms with E-state index in [1.807, 2.05) is 0 Å². The number of nitrogens with zero attached hydrogens (tertiary/aromatic N) is 8. The molecule has 40 heavy (non-hydrogen) atoms. The molecule has 7 N–H and O–H groups in total. The number of aromatic nitrogens is 6. The minimum atomic E-state index is -1.48. The fourth-order valence-electron chi connectivity index (χ4n) is 3.79. The number of amides is 2. The summed E-state index contributed by atoms with van der Waals surface area (Å²) in [6.45, 7) is 3.57. The lowest BCUT2D eigenvalue weighted by Gasteiger charge is -2.55. The van der Waals surface area contributed by atoms with E-state index in [2.05, 4.69) is 35.4 Å². The number of aryl methyl sites for hydroxylation is 1. The van der Waals surface area contributed by atoms with E-state index in [-0.39, 0.29) is 22.7 Å². The fourth-order valence-corrected chi connectivity index (χ4v) is 7.11. The summed E-state index contributed by atoms with van der Waals surface area (Å²) >= 11 is 2.94. The summed E-state index contributed by atoms with van der Waals surface area (Å²) in [7, 11) is 0. The number of thioether (sulfide) groups is 2. The molecule has 2 fully saturated rings. The first kappa shape index (κ1) is 29.4. The van der Waals surface area contributed by atoms with Gasteiger partial charge in [-0.05, 0) is 30.3 Å². The molecule has 216 valence electrons. The quantitative estimate of drug-likeness (QED) is 0.0986. The number of anilines is 1. The van der Waals surface area contributed by atoms with Crippen LogP contribution in [0.1, 0.15) is 26.1 Å². The maximum Gasteiger partial charge on any atom is 0.347 e. The maximum atomic E-state index is 13.1. The molecule has 0 aromatic carbocycles. The van der Waals surface area contributed by atoms with Crippen molar-refractivity contribution in [2.45, 2.75) is 59.5 Å². The summed E-state index contributed by atoms with van der Waals surface area (Å²) in [5.41, 5.74) is 10.7. The van der Waals surface area contributed by atoms with Crippen LogP contribution in [0, 0.1) is 0 Å². The SMILES string of the molecule is CC(ON=C(C(=O)NC1C(=O)N2CC(Sc3nnnn3CCCN)(C(=O)O)C(C)S[C@H]12)c1nsc(N)n1)C(=O)O. The number of aliphatic carboxylic acids is 2. The average molecular weight is 616 g/mol. The Balaban J connectivity index is 1.51. The third-order valence-corrected chi connectivity index (χ3v) is 9.86. The molecule has 0 aliphatic carbocycles. The van der Waals surface area contributed by atoms with E-state index in [9.17, 15) is 24.3 Å². The van der Waals surface area contributed by atoms with Crippen molar-refractivity contribution in [3.63, 3.8) is 0 Å². The van der Waals surface area contributed by atoms with Crippen molar-refractivity contribution in [1.29, 1.82) is 0 Å². The van der Waals surface area contributed by atoms with Crippen molar-refractivity contribution in [3.8, 4) is 0 Å². The van der Waals surface area contributed by atoms with Crippen molar-refractivity contribution in [3.05, 3.63) is 5.82 Å². The number of oxime groups is 1. The predicted molar refractivity (Wildman–Crippen MR) is 141 cm³/mol. The summed E-state index contributed by atoms with van der Waals surface area (Å²) in [4.78, 5) is 60.0. The summed E-state index contributed by atoms with van der Waals surface area (Å²) in [6, 6.07) is -1.02. The standard InChI is InChI=1S/C19H25N11O7S3/c1-7(15(33)34)37-25-9(11-23-17(21)40-26-11)12(31)22-10-13(32)29-6-19(16(35)36,8(2)38-14(10)29)39-18-24-27-28-30(18)5-3-4-20/h7-8,10,14H,3-6,20H2,1-2H3,(H,22,31)(H,33,34)(H,35,36)(H2,21,23,26)/t7?,8?,10?,14-,19?/m1/s1. The van der Waals surface area contributed by atoms with Crippen LogP contribution in [0.2, 0.25) is 0 Å². The van der Waals surface area contributed by atoms with Crippen molar-refractivity contribution < 1.29 is 34.2 Å². The minimum Gasteiger partial charge on any atom is -0.480 e. The molecule has 4 heterocycles. The number of tetrazole rings is 1. The Labute approximate surface area is 238 Å². The number of hydrogen-bond donors (Lipinski definition) is 5. The largest absolute Gasteiger partial charge is 0.480 e. The summed E-state index contributed by atoms with van der Waals surface area (Å²) in [5, 5.41) is 36.2. The van der Waals surface area contributed by atoms with Gasteiger partial charge in [0.2, 0.25) is 28.7 Å². The lowest BCUT2D eigenvalue weighted by atomic mass is 9.98. The molecule has 0 saturated carbocycles. The number of carbonyl (C=O) groups is 4. The first-order chi connectivity index (χ1) is 19.0. The van der Waals surface area contributed by atoms with E-state index < -0.39 is 57.0 Å². The second-order valence-corrected chi connectivity index (χ2v) is 12.2. The smallest absolute Gasteiger partial charge is 0.347 e. The van der Waals surface area contributed by atoms with E-state index in [1.165, 1.54) is 28.3 Å². The number of rotatable bonds is 12. The van der Waals surface area contributed by atoms with Gasteiger partial charge in [-0.15, -0.1) is 16.9 Å². The fraction of sp³-hybridized carbons (Fsp3) is 0.579. The Kier molecular flexibility index (Phi) is 8.75. The Bertz CT molecular complexity index is 1340. The predicted octanol–water partition coefficient (Wildman–Crippen LogP) is -1.95. The van der Waals surface area contributed by atoms with Gasteiger partial charge in [-0.1, -0.05) is 23.8 Å². The molecule has 21 heteroatoms. The highest BCUT2D eigenvalue weighted by molar-refractivity contribution is 8.05. The second kappa shape index (κ2) is 11.9. The van der Waals surface area contributed by atoms with Gasteiger partial charge in [0.25, 0.3) is 5.91 Å². The van der Waals surface area contributed by atoms with Crippen LogP contribution in [0.4, 0.5) is 5.13 Å². The van der Waals surface area contributed by atoms with Gasteiger partial charge < -0.3 is 36.7 Å². The molecule has 0 spiro atoms. The molecule has 2 aromatic heterocycles. The second-order valence-electron chi connectivity index (χ2n) is 8.69. The molecule has 2 aliphatic rings. The molecule has 2 amide bonds. The van der Waals surface area contributed by atoms with Crippen LogP contribution in [-0.2, 0) is 30.6 Å². The third kappa shape index (κ3) is 5.67. The van der Waals surface area contributed by atoms with E-state index in [0.29, 0.717) is 19.5 Å². The van der Waals surface area contributed by atoms with Gasteiger partial charge in [-0.2, -0.15) is 9.36 Å². The number of carbonyl (C=O) groups excluding carboxylic acids is 2. The van der Waals surface area contributed by atoms with Crippen molar-refractivity contribution >= 4 is 69.7 Å². The first-order valence-electron chi connectivity index (χ1n) is 11.7. The van der Waals surface area contributed by atoms with Crippen LogP contribution >= 0.6 is 35.1 Å². The lowest BCUT2D eigenvalue weighted by molar-refractivity contribution is -0.152. The molecule has 0 radical (unpaired) electrons. The molecular weight excluding hydrogens is 590 g/mol. The molecule has 2 saturated heterocycles. The minimum absolute atomic E-state index is 0.0286. The van der Waals surface area contributed by atoms with E-state index in [0.717, 1.165) is 23.3 Å².